The number of carbonyl (C=O) groups excluding carboxylic acids is 2. The van der Waals surface area contributed by atoms with Crippen molar-refractivity contribution < 1.29 is 9.59 Å². The number of fused-ring (bicyclic) bond motifs is 1. The topological polar surface area (TPSA) is 74.3 Å². The lowest BCUT2D eigenvalue weighted by Gasteiger charge is -2.23. The second-order valence-corrected chi connectivity index (χ2v) is 9.26. The molecular formula is C27H32N4O2. The zero-order valence-corrected chi connectivity index (χ0v) is 19.3. The number of para-hydroxylation sites is 1. The molecule has 4 rings (SSSR count). The molecule has 2 atom stereocenters. The molecule has 0 bridgehead atoms. The van der Waals surface area contributed by atoms with Crippen LogP contribution in [0.5, 0.6) is 0 Å². The smallest absolute Gasteiger partial charge is 0.270 e. The molecule has 2 N–H and O–H groups in total. The average Bonchev–Trinajstić information content (AvgIpc) is 3.25. The second kappa shape index (κ2) is 10.6. The quantitative estimate of drug-likeness (QED) is 0.555. The molecule has 1 saturated heterocycles. The van der Waals surface area contributed by atoms with Crippen molar-refractivity contribution in [1.29, 1.82) is 0 Å². The van der Waals surface area contributed by atoms with Gasteiger partial charge in [-0.05, 0) is 36.5 Å². The zero-order chi connectivity index (χ0) is 23.2. The molecule has 2 amide bonds. The van der Waals surface area contributed by atoms with Gasteiger partial charge in [-0.1, -0.05) is 68.4 Å². The molecule has 0 saturated carbocycles. The SMILES string of the molecule is CC(C)C[C@H](NC(=O)c1ccc2ccccc2n1)C(=O)N[C@H]1CCN(Cc2ccccc2)C1. The number of nitrogens with one attached hydrogen (secondary N) is 2. The maximum absolute atomic E-state index is 13.1. The van der Waals surface area contributed by atoms with Crippen LogP contribution in [0.1, 0.15) is 42.7 Å². The number of likely N-dealkylation sites (tertiary alicyclic amines) is 1. The van der Waals surface area contributed by atoms with E-state index in [2.05, 4.69) is 46.5 Å². The van der Waals surface area contributed by atoms with Crippen LogP contribution in [-0.4, -0.2) is 46.9 Å². The molecule has 1 aromatic heterocycles. The predicted molar refractivity (Wildman–Crippen MR) is 131 cm³/mol. The standard InChI is InChI=1S/C27H32N4O2/c1-19(2)16-25(30-26(32)24-13-12-21-10-6-7-11-23(21)29-24)27(33)28-22-14-15-31(18-22)17-20-8-4-3-5-9-20/h3-13,19,22,25H,14-18H2,1-2H3,(H,28,33)(H,30,32)/t22-,25-/m0/s1. The fourth-order valence-corrected chi connectivity index (χ4v) is 4.37. The largest absolute Gasteiger partial charge is 0.350 e. The fourth-order valence-electron chi connectivity index (χ4n) is 4.37. The minimum atomic E-state index is -0.589. The lowest BCUT2D eigenvalue weighted by Crippen LogP contribution is -2.50. The number of carbonyl (C=O) groups is 2. The molecule has 2 heterocycles. The Morgan fingerprint density at radius 3 is 2.58 bits per heavy atom. The highest BCUT2D eigenvalue weighted by Gasteiger charge is 2.28. The van der Waals surface area contributed by atoms with Crippen LogP contribution >= 0.6 is 0 Å². The first-order valence-corrected chi connectivity index (χ1v) is 11.7. The van der Waals surface area contributed by atoms with Crippen molar-refractivity contribution in [3.63, 3.8) is 0 Å². The Kier molecular flexibility index (Phi) is 7.35. The van der Waals surface area contributed by atoms with Crippen LogP contribution in [0, 0.1) is 5.92 Å². The summed E-state index contributed by atoms with van der Waals surface area (Å²) in [7, 11) is 0. The van der Waals surface area contributed by atoms with Crippen LogP contribution in [0.15, 0.2) is 66.7 Å². The van der Waals surface area contributed by atoms with E-state index < -0.39 is 6.04 Å². The monoisotopic (exact) mass is 444 g/mol. The van der Waals surface area contributed by atoms with E-state index in [1.807, 2.05) is 48.5 Å². The Labute approximate surface area is 195 Å². The minimum absolute atomic E-state index is 0.0894. The first-order valence-electron chi connectivity index (χ1n) is 11.7. The molecule has 172 valence electrons. The molecule has 3 aromatic rings. The number of rotatable bonds is 8. The summed E-state index contributed by atoms with van der Waals surface area (Å²) < 4.78 is 0. The Morgan fingerprint density at radius 2 is 1.79 bits per heavy atom. The van der Waals surface area contributed by atoms with Crippen LogP contribution < -0.4 is 10.6 Å². The lowest BCUT2D eigenvalue weighted by atomic mass is 10.0. The zero-order valence-electron chi connectivity index (χ0n) is 19.3. The minimum Gasteiger partial charge on any atom is -0.350 e. The summed E-state index contributed by atoms with van der Waals surface area (Å²) in [6.07, 6.45) is 1.48. The lowest BCUT2D eigenvalue weighted by molar-refractivity contribution is -0.124. The number of pyridine rings is 1. The summed E-state index contributed by atoms with van der Waals surface area (Å²) in [5, 5.41) is 7.08. The third-order valence-electron chi connectivity index (χ3n) is 6.03. The second-order valence-electron chi connectivity index (χ2n) is 9.26. The van der Waals surface area contributed by atoms with Gasteiger partial charge in [-0.25, -0.2) is 4.98 Å². The third kappa shape index (κ3) is 6.17. The molecule has 0 aliphatic carbocycles. The summed E-state index contributed by atoms with van der Waals surface area (Å²) in [6.45, 7) is 6.75. The summed E-state index contributed by atoms with van der Waals surface area (Å²) in [6, 6.07) is 21.1. The van der Waals surface area contributed by atoms with Crippen molar-refractivity contribution in [3.8, 4) is 0 Å². The number of amides is 2. The summed E-state index contributed by atoms with van der Waals surface area (Å²) >= 11 is 0. The van der Waals surface area contributed by atoms with Crippen molar-refractivity contribution in [3.05, 3.63) is 78.0 Å². The Balaban J connectivity index is 1.37. The maximum Gasteiger partial charge on any atom is 0.270 e. The van der Waals surface area contributed by atoms with Gasteiger partial charge in [0.05, 0.1) is 5.52 Å². The number of aromatic nitrogens is 1. The van der Waals surface area contributed by atoms with Crippen molar-refractivity contribution >= 4 is 22.7 Å². The van der Waals surface area contributed by atoms with Gasteiger partial charge in [0.25, 0.3) is 5.91 Å². The van der Waals surface area contributed by atoms with Gasteiger partial charge in [0.15, 0.2) is 0 Å². The van der Waals surface area contributed by atoms with Crippen LogP contribution in [-0.2, 0) is 11.3 Å². The molecule has 33 heavy (non-hydrogen) atoms. The Morgan fingerprint density at radius 1 is 1.03 bits per heavy atom. The number of hydrogen-bond donors (Lipinski definition) is 2. The Bertz CT molecular complexity index is 1100. The van der Waals surface area contributed by atoms with Crippen molar-refractivity contribution in [2.24, 2.45) is 5.92 Å². The van der Waals surface area contributed by atoms with E-state index in [9.17, 15) is 9.59 Å². The molecule has 6 heteroatoms. The molecule has 1 fully saturated rings. The average molecular weight is 445 g/mol. The highest BCUT2D eigenvalue weighted by molar-refractivity contribution is 5.97. The van der Waals surface area contributed by atoms with Crippen LogP contribution in [0.4, 0.5) is 0 Å². The van der Waals surface area contributed by atoms with Crippen LogP contribution in [0.3, 0.4) is 0 Å². The van der Waals surface area contributed by atoms with Crippen LogP contribution in [0.2, 0.25) is 0 Å². The fraction of sp³-hybridized carbons (Fsp3) is 0.370. The summed E-state index contributed by atoms with van der Waals surface area (Å²) in [5.74, 6) is -0.174. The van der Waals surface area contributed by atoms with Crippen molar-refractivity contribution in [1.82, 2.24) is 20.5 Å². The molecule has 0 spiro atoms. The first kappa shape index (κ1) is 22.9. The molecular weight excluding hydrogens is 412 g/mol. The molecule has 1 aliphatic heterocycles. The van der Waals surface area contributed by atoms with E-state index in [1.54, 1.807) is 6.07 Å². The van der Waals surface area contributed by atoms with Crippen molar-refractivity contribution in [2.75, 3.05) is 13.1 Å². The summed E-state index contributed by atoms with van der Waals surface area (Å²) in [4.78, 5) is 32.9. The maximum atomic E-state index is 13.1. The normalized spacial score (nSPS) is 17.2. The van der Waals surface area contributed by atoms with Crippen molar-refractivity contribution in [2.45, 2.75) is 45.3 Å². The Hall–Kier alpha value is -3.25. The van der Waals surface area contributed by atoms with Crippen LogP contribution in [0.25, 0.3) is 10.9 Å². The van der Waals surface area contributed by atoms with E-state index in [0.29, 0.717) is 12.1 Å². The number of hydrogen-bond acceptors (Lipinski definition) is 4. The van der Waals surface area contributed by atoms with E-state index in [4.69, 9.17) is 0 Å². The predicted octanol–water partition coefficient (Wildman–Crippen LogP) is 3.77. The number of nitrogens with zero attached hydrogens (tertiary/aromatic N) is 2. The highest BCUT2D eigenvalue weighted by Crippen LogP contribution is 2.15. The van der Waals surface area contributed by atoms with Gasteiger partial charge < -0.3 is 10.6 Å². The van der Waals surface area contributed by atoms with Gasteiger partial charge in [-0.3, -0.25) is 14.5 Å². The molecule has 0 unspecified atom stereocenters. The van der Waals surface area contributed by atoms with Gasteiger partial charge in [-0.15, -0.1) is 0 Å². The van der Waals surface area contributed by atoms with E-state index >= 15 is 0 Å². The highest BCUT2D eigenvalue weighted by atomic mass is 16.2. The molecule has 1 aliphatic rings. The van der Waals surface area contributed by atoms with Gasteiger partial charge in [0, 0.05) is 31.1 Å². The van der Waals surface area contributed by atoms with E-state index in [1.165, 1.54) is 5.56 Å². The molecule has 2 aromatic carbocycles. The van der Waals surface area contributed by atoms with Gasteiger partial charge >= 0.3 is 0 Å². The van der Waals surface area contributed by atoms with Gasteiger partial charge in [0.2, 0.25) is 5.91 Å². The molecule has 6 nitrogen and oxygen atoms in total. The van der Waals surface area contributed by atoms with Gasteiger partial charge in [-0.2, -0.15) is 0 Å². The van der Waals surface area contributed by atoms with Gasteiger partial charge in [0.1, 0.15) is 11.7 Å². The summed E-state index contributed by atoms with van der Waals surface area (Å²) in [5.41, 5.74) is 2.36. The number of benzene rings is 2. The third-order valence-corrected chi connectivity index (χ3v) is 6.03. The van der Waals surface area contributed by atoms with E-state index in [0.717, 1.165) is 37.0 Å². The first-order chi connectivity index (χ1) is 16.0. The van der Waals surface area contributed by atoms with E-state index in [-0.39, 0.29) is 23.8 Å². The molecule has 0 radical (unpaired) electrons.